The zero-order chi connectivity index (χ0) is 16.1. The highest BCUT2D eigenvalue weighted by molar-refractivity contribution is 7.80. The van der Waals surface area contributed by atoms with Crippen molar-refractivity contribution in [1.82, 2.24) is 4.90 Å². The van der Waals surface area contributed by atoms with Gasteiger partial charge in [-0.2, -0.15) is 0 Å². The molecule has 0 N–H and O–H groups in total. The van der Waals surface area contributed by atoms with Crippen LogP contribution in [-0.4, -0.2) is 34.9 Å². The number of nitrogens with zero attached hydrogens (tertiary/aromatic N) is 1. The lowest BCUT2D eigenvalue weighted by Crippen LogP contribution is -2.46. The van der Waals surface area contributed by atoms with Crippen LogP contribution in [0.25, 0.3) is 0 Å². The van der Waals surface area contributed by atoms with Gasteiger partial charge < -0.3 is 9.64 Å². The van der Waals surface area contributed by atoms with Gasteiger partial charge in [-0.3, -0.25) is 4.79 Å². The van der Waals surface area contributed by atoms with Crippen LogP contribution in [-0.2, 0) is 4.74 Å². The van der Waals surface area contributed by atoms with Gasteiger partial charge in [-0.1, -0.05) is 30.4 Å². The summed E-state index contributed by atoms with van der Waals surface area (Å²) >= 11 is 5.14. The van der Waals surface area contributed by atoms with Crippen LogP contribution in [0.3, 0.4) is 0 Å². The van der Waals surface area contributed by atoms with Crippen LogP contribution in [0.4, 0.5) is 0 Å². The van der Waals surface area contributed by atoms with Crippen molar-refractivity contribution in [3.63, 3.8) is 0 Å². The third-order valence-electron chi connectivity index (χ3n) is 4.29. The minimum absolute atomic E-state index is 0.105. The van der Waals surface area contributed by atoms with Gasteiger partial charge >= 0.3 is 0 Å². The predicted molar refractivity (Wildman–Crippen MR) is 95.5 cm³/mol. The van der Waals surface area contributed by atoms with Gasteiger partial charge in [-0.15, -0.1) is 0 Å². The third-order valence-corrected chi connectivity index (χ3v) is 4.59. The van der Waals surface area contributed by atoms with Crippen LogP contribution < -0.4 is 0 Å². The van der Waals surface area contributed by atoms with Crippen molar-refractivity contribution in [3.8, 4) is 0 Å². The molecule has 1 aromatic carbocycles. The fourth-order valence-electron chi connectivity index (χ4n) is 3.00. The van der Waals surface area contributed by atoms with E-state index in [2.05, 4.69) is 0 Å². The minimum atomic E-state index is 0.105. The monoisotopic (exact) mass is 327 g/mol. The molecule has 0 radical (unpaired) electrons. The molecule has 3 nitrogen and oxygen atoms in total. The third kappa shape index (κ3) is 4.08. The van der Waals surface area contributed by atoms with E-state index in [1.165, 1.54) is 0 Å². The van der Waals surface area contributed by atoms with Crippen LogP contribution in [0.2, 0.25) is 0 Å². The van der Waals surface area contributed by atoms with Gasteiger partial charge in [-0.05, 0) is 49.6 Å². The Morgan fingerprint density at radius 1 is 1.22 bits per heavy atom. The second-order valence-corrected chi connectivity index (χ2v) is 6.46. The molecule has 1 aromatic rings. The minimum Gasteiger partial charge on any atom is -0.492 e. The summed E-state index contributed by atoms with van der Waals surface area (Å²) in [6, 6.07) is 9.64. The molecule has 1 saturated heterocycles. The van der Waals surface area contributed by atoms with E-state index in [4.69, 9.17) is 17.0 Å². The number of ether oxygens (including phenoxy) is 1. The number of hydrogen-bond acceptors (Lipinski definition) is 3. The van der Waals surface area contributed by atoms with E-state index in [1.54, 1.807) is 0 Å². The summed E-state index contributed by atoms with van der Waals surface area (Å²) in [7, 11) is 0. The van der Waals surface area contributed by atoms with Crippen molar-refractivity contribution >= 4 is 23.0 Å². The van der Waals surface area contributed by atoms with Crippen molar-refractivity contribution in [2.24, 2.45) is 0 Å². The Kier molecular flexibility index (Phi) is 5.23. The lowest BCUT2D eigenvalue weighted by molar-refractivity contribution is 0.0459. The number of benzene rings is 1. The second-order valence-electron chi connectivity index (χ2n) is 5.94. The van der Waals surface area contributed by atoms with Gasteiger partial charge in [0.05, 0.1) is 6.04 Å². The fourth-order valence-corrected chi connectivity index (χ4v) is 3.15. The highest BCUT2D eigenvalue weighted by Crippen LogP contribution is 2.21. The van der Waals surface area contributed by atoms with Crippen LogP contribution in [0.5, 0.6) is 0 Å². The summed E-state index contributed by atoms with van der Waals surface area (Å²) in [6.07, 6.45) is 9.80. The van der Waals surface area contributed by atoms with E-state index >= 15 is 0 Å². The molecule has 0 aromatic heterocycles. The number of piperidine rings is 1. The van der Waals surface area contributed by atoms with Crippen LogP contribution in [0.1, 0.15) is 36.0 Å². The Balaban J connectivity index is 1.64. The van der Waals surface area contributed by atoms with Crippen molar-refractivity contribution in [3.05, 3.63) is 59.9 Å². The van der Waals surface area contributed by atoms with Gasteiger partial charge in [0.1, 0.15) is 12.4 Å². The maximum Gasteiger partial charge on any atom is 0.254 e. The average Bonchev–Trinajstić information content (AvgIpc) is 2.62. The van der Waals surface area contributed by atoms with E-state index in [0.717, 1.165) is 48.4 Å². The normalized spacial score (nSPS) is 21.0. The topological polar surface area (TPSA) is 29.5 Å². The fraction of sp³-hybridized carbons (Fsp3) is 0.368. The van der Waals surface area contributed by atoms with Crippen molar-refractivity contribution in [2.45, 2.75) is 31.7 Å². The first-order valence-electron chi connectivity index (χ1n) is 8.14. The first-order chi connectivity index (χ1) is 11.2. The lowest BCUT2D eigenvalue weighted by Gasteiger charge is -2.35. The highest BCUT2D eigenvalue weighted by atomic mass is 32.1. The predicted octanol–water partition coefficient (Wildman–Crippen LogP) is 3.91. The molecule has 1 amide bonds. The SMILES string of the molecule is O=C(c1ccccc1)N1CCCCC1COC1=CCC(=S)C=C1. The summed E-state index contributed by atoms with van der Waals surface area (Å²) in [4.78, 5) is 15.6. The number of thiocarbonyl (C=S) groups is 1. The molecule has 0 spiro atoms. The molecule has 23 heavy (non-hydrogen) atoms. The number of carbonyl (C=O) groups excluding carboxylic acids is 1. The quantitative estimate of drug-likeness (QED) is 0.785. The Morgan fingerprint density at radius 2 is 2.04 bits per heavy atom. The molecule has 1 unspecified atom stereocenters. The Bertz CT molecular complexity index is 636. The van der Waals surface area contributed by atoms with Gasteiger partial charge in [0.25, 0.3) is 5.91 Å². The largest absolute Gasteiger partial charge is 0.492 e. The Hall–Kier alpha value is -1.94. The second kappa shape index (κ2) is 7.55. The lowest BCUT2D eigenvalue weighted by atomic mass is 10.0. The first-order valence-corrected chi connectivity index (χ1v) is 8.55. The standard InChI is InChI=1S/C19H21NO2S/c21-19(15-6-2-1-3-7-15)20-13-5-4-8-16(20)14-22-17-9-11-18(23)12-10-17/h1-3,6-7,9-11,16H,4-5,8,12-14H2. The van der Waals surface area contributed by atoms with E-state index in [0.29, 0.717) is 6.61 Å². The number of rotatable bonds is 4. The molecule has 2 aliphatic rings. The van der Waals surface area contributed by atoms with Crippen LogP contribution in [0, 0.1) is 0 Å². The molecule has 1 heterocycles. The molecule has 1 aliphatic heterocycles. The first kappa shape index (κ1) is 15.9. The zero-order valence-corrected chi connectivity index (χ0v) is 13.9. The smallest absolute Gasteiger partial charge is 0.254 e. The number of allylic oxidation sites excluding steroid dienone is 3. The molecule has 0 bridgehead atoms. The van der Waals surface area contributed by atoms with Gasteiger partial charge in [0.2, 0.25) is 0 Å². The molecule has 1 fully saturated rings. The summed E-state index contributed by atoms with van der Waals surface area (Å²) in [5.41, 5.74) is 0.751. The molecular weight excluding hydrogens is 306 g/mol. The molecule has 4 heteroatoms. The van der Waals surface area contributed by atoms with Gasteiger partial charge in [0, 0.05) is 23.4 Å². The highest BCUT2D eigenvalue weighted by Gasteiger charge is 2.28. The van der Waals surface area contributed by atoms with Crippen molar-refractivity contribution in [2.75, 3.05) is 13.2 Å². The molecule has 120 valence electrons. The van der Waals surface area contributed by atoms with Gasteiger partial charge in [-0.25, -0.2) is 0 Å². The molecule has 1 atom stereocenters. The molecule has 0 saturated carbocycles. The summed E-state index contributed by atoms with van der Waals surface area (Å²) in [5.74, 6) is 0.963. The molecule has 1 aliphatic carbocycles. The number of hydrogen-bond donors (Lipinski definition) is 0. The van der Waals surface area contributed by atoms with Crippen molar-refractivity contribution in [1.29, 1.82) is 0 Å². The maximum atomic E-state index is 12.7. The van der Waals surface area contributed by atoms with E-state index in [1.807, 2.05) is 53.5 Å². The zero-order valence-electron chi connectivity index (χ0n) is 13.1. The molecule has 3 rings (SSSR count). The van der Waals surface area contributed by atoms with E-state index < -0.39 is 0 Å². The number of carbonyl (C=O) groups is 1. The number of amides is 1. The summed E-state index contributed by atoms with van der Waals surface area (Å²) in [5, 5.41) is 0. The van der Waals surface area contributed by atoms with E-state index in [-0.39, 0.29) is 11.9 Å². The summed E-state index contributed by atoms with van der Waals surface area (Å²) in [6.45, 7) is 1.35. The van der Waals surface area contributed by atoms with Crippen molar-refractivity contribution < 1.29 is 9.53 Å². The summed E-state index contributed by atoms with van der Waals surface area (Å²) < 4.78 is 5.91. The maximum absolute atomic E-state index is 12.7. The average molecular weight is 327 g/mol. The Labute approximate surface area is 142 Å². The van der Waals surface area contributed by atoms with Gasteiger partial charge in [0.15, 0.2) is 0 Å². The number of likely N-dealkylation sites (tertiary alicyclic amines) is 1. The van der Waals surface area contributed by atoms with Crippen LogP contribution >= 0.6 is 12.2 Å². The van der Waals surface area contributed by atoms with E-state index in [9.17, 15) is 4.79 Å². The molecular formula is C19H21NO2S. The Morgan fingerprint density at radius 3 is 2.78 bits per heavy atom. The van der Waals surface area contributed by atoms with Crippen LogP contribution in [0.15, 0.2) is 54.3 Å².